The van der Waals surface area contributed by atoms with Gasteiger partial charge in [0.2, 0.25) is 0 Å². The number of nitrogens with two attached hydrogens (primary N) is 1. The monoisotopic (exact) mass is 268 g/mol. The van der Waals surface area contributed by atoms with Crippen molar-refractivity contribution in [3.8, 4) is 0 Å². The number of carbonyl (C=O) groups is 1. The van der Waals surface area contributed by atoms with Crippen molar-refractivity contribution in [3.05, 3.63) is 28.8 Å². The van der Waals surface area contributed by atoms with Gasteiger partial charge in [-0.05, 0) is 31.4 Å². The summed E-state index contributed by atoms with van der Waals surface area (Å²) in [7, 11) is 1.79. The molecule has 0 bridgehead atoms. The number of rotatable bonds is 4. The lowest BCUT2D eigenvalue weighted by atomic mass is 10.0. The van der Waals surface area contributed by atoms with Crippen molar-refractivity contribution in [2.45, 2.75) is 33.2 Å². The Labute approximate surface area is 114 Å². The van der Waals surface area contributed by atoms with E-state index in [1.807, 2.05) is 6.92 Å². The summed E-state index contributed by atoms with van der Waals surface area (Å²) in [5.41, 5.74) is 6.66. The van der Waals surface area contributed by atoms with Crippen molar-refractivity contribution in [2.24, 2.45) is 5.92 Å². The fraction of sp³-hybridized carbons (Fsp3) is 0.500. The SMILES string of the molecule is CC(C)CC(C)N(C)C(=O)c1c(N)cccc1Cl. The molecule has 0 aliphatic heterocycles. The minimum atomic E-state index is -0.119. The molecule has 100 valence electrons. The Morgan fingerprint density at radius 1 is 1.39 bits per heavy atom. The molecule has 0 aliphatic carbocycles. The lowest BCUT2D eigenvalue weighted by Crippen LogP contribution is -2.36. The maximum Gasteiger partial charge on any atom is 0.257 e. The average Bonchev–Trinajstić information content (AvgIpc) is 2.26. The van der Waals surface area contributed by atoms with E-state index in [4.69, 9.17) is 17.3 Å². The van der Waals surface area contributed by atoms with Crippen molar-refractivity contribution in [1.29, 1.82) is 0 Å². The molecule has 0 saturated heterocycles. The van der Waals surface area contributed by atoms with Crippen LogP contribution in [-0.4, -0.2) is 23.9 Å². The molecular weight excluding hydrogens is 248 g/mol. The number of carbonyl (C=O) groups excluding carboxylic acids is 1. The Morgan fingerprint density at radius 3 is 2.50 bits per heavy atom. The lowest BCUT2D eigenvalue weighted by molar-refractivity contribution is 0.0729. The van der Waals surface area contributed by atoms with E-state index >= 15 is 0 Å². The molecule has 1 rings (SSSR count). The first kappa shape index (κ1) is 14.8. The van der Waals surface area contributed by atoms with E-state index in [1.165, 1.54) is 0 Å². The number of benzene rings is 1. The summed E-state index contributed by atoms with van der Waals surface area (Å²) in [6.45, 7) is 6.31. The van der Waals surface area contributed by atoms with Gasteiger partial charge in [0, 0.05) is 18.8 Å². The number of amides is 1. The fourth-order valence-corrected chi connectivity index (χ4v) is 2.25. The van der Waals surface area contributed by atoms with Crippen LogP contribution in [0, 0.1) is 5.92 Å². The molecule has 3 nitrogen and oxygen atoms in total. The zero-order chi connectivity index (χ0) is 13.9. The number of halogens is 1. The fourth-order valence-electron chi connectivity index (χ4n) is 1.98. The van der Waals surface area contributed by atoms with Gasteiger partial charge >= 0.3 is 0 Å². The van der Waals surface area contributed by atoms with E-state index in [9.17, 15) is 4.79 Å². The molecule has 0 saturated carbocycles. The summed E-state index contributed by atoms with van der Waals surface area (Å²) in [6.07, 6.45) is 0.951. The second-order valence-electron chi connectivity index (χ2n) is 5.10. The van der Waals surface area contributed by atoms with E-state index in [-0.39, 0.29) is 11.9 Å². The minimum absolute atomic E-state index is 0.119. The maximum atomic E-state index is 12.4. The topological polar surface area (TPSA) is 46.3 Å². The van der Waals surface area contributed by atoms with Crippen LogP contribution >= 0.6 is 11.6 Å². The van der Waals surface area contributed by atoms with E-state index in [0.29, 0.717) is 22.2 Å². The molecule has 18 heavy (non-hydrogen) atoms. The highest BCUT2D eigenvalue weighted by molar-refractivity contribution is 6.34. The Bertz CT molecular complexity index is 412. The third-order valence-electron chi connectivity index (χ3n) is 3.05. The van der Waals surface area contributed by atoms with Gasteiger partial charge in [-0.1, -0.05) is 31.5 Å². The summed E-state index contributed by atoms with van der Waals surface area (Å²) in [4.78, 5) is 14.1. The molecule has 0 fully saturated rings. The molecule has 1 unspecified atom stereocenters. The molecule has 4 heteroatoms. The summed E-state index contributed by atoms with van der Waals surface area (Å²) >= 11 is 6.05. The maximum absolute atomic E-state index is 12.4. The van der Waals surface area contributed by atoms with Crippen LogP contribution in [0.5, 0.6) is 0 Å². The van der Waals surface area contributed by atoms with E-state index in [1.54, 1.807) is 30.1 Å². The number of nitrogen functional groups attached to an aromatic ring is 1. The standard InChI is InChI=1S/C14H21ClN2O/c1-9(2)8-10(3)17(4)14(18)13-11(15)6-5-7-12(13)16/h5-7,9-10H,8,16H2,1-4H3. The summed E-state index contributed by atoms with van der Waals surface area (Å²) in [5, 5.41) is 0.406. The molecule has 0 spiro atoms. The van der Waals surface area contributed by atoms with E-state index in [0.717, 1.165) is 6.42 Å². The molecule has 2 N–H and O–H groups in total. The van der Waals surface area contributed by atoms with Crippen LogP contribution in [-0.2, 0) is 0 Å². The van der Waals surface area contributed by atoms with Gasteiger partial charge in [-0.3, -0.25) is 4.79 Å². The first-order chi connectivity index (χ1) is 8.34. The van der Waals surface area contributed by atoms with Crippen molar-refractivity contribution < 1.29 is 4.79 Å². The highest BCUT2D eigenvalue weighted by Crippen LogP contribution is 2.24. The van der Waals surface area contributed by atoms with E-state index < -0.39 is 0 Å². The Balaban J connectivity index is 2.93. The van der Waals surface area contributed by atoms with Gasteiger partial charge in [-0.2, -0.15) is 0 Å². The first-order valence-corrected chi connectivity index (χ1v) is 6.53. The van der Waals surface area contributed by atoms with Gasteiger partial charge in [-0.25, -0.2) is 0 Å². The van der Waals surface area contributed by atoms with Crippen LogP contribution in [0.15, 0.2) is 18.2 Å². The van der Waals surface area contributed by atoms with Gasteiger partial charge in [0.25, 0.3) is 5.91 Å². The molecule has 0 aromatic heterocycles. The highest BCUT2D eigenvalue weighted by atomic mass is 35.5. The number of nitrogens with zero attached hydrogens (tertiary/aromatic N) is 1. The quantitative estimate of drug-likeness (QED) is 0.851. The van der Waals surface area contributed by atoms with E-state index in [2.05, 4.69) is 13.8 Å². The second-order valence-corrected chi connectivity index (χ2v) is 5.51. The molecule has 0 aliphatic rings. The van der Waals surface area contributed by atoms with Crippen LogP contribution in [0.25, 0.3) is 0 Å². The number of hydrogen-bond acceptors (Lipinski definition) is 2. The van der Waals surface area contributed by atoms with Crippen LogP contribution in [0.2, 0.25) is 5.02 Å². The predicted molar refractivity (Wildman–Crippen MR) is 76.9 cm³/mol. The van der Waals surface area contributed by atoms with Crippen LogP contribution in [0.4, 0.5) is 5.69 Å². The third kappa shape index (κ3) is 3.39. The largest absolute Gasteiger partial charge is 0.398 e. The summed E-state index contributed by atoms with van der Waals surface area (Å²) in [6, 6.07) is 5.28. The minimum Gasteiger partial charge on any atom is -0.398 e. The van der Waals surface area contributed by atoms with Gasteiger partial charge in [0.1, 0.15) is 0 Å². The zero-order valence-electron chi connectivity index (χ0n) is 11.4. The van der Waals surface area contributed by atoms with Crippen LogP contribution in [0.3, 0.4) is 0 Å². The molecule has 1 amide bonds. The molecule has 1 aromatic carbocycles. The van der Waals surface area contributed by atoms with Crippen LogP contribution < -0.4 is 5.73 Å². The van der Waals surface area contributed by atoms with Gasteiger partial charge < -0.3 is 10.6 Å². The number of hydrogen-bond donors (Lipinski definition) is 1. The number of anilines is 1. The third-order valence-corrected chi connectivity index (χ3v) is 3.37. The highest BCUT2D eigenvalue weighted by Gasteiger charge is 2.22. The van der Waals surface area contributed by atoms with Gasteiger partial charge in [0.05, 0.1) is 10.6 Å². The van der Waals surface area contributed by atoms with Crippen molar-refractivity contribution >= 4 is 23.2 Å². The van der Waals surface area contributed by atoms with Crippen molar-refractivity contribution in [1.82, 2.24) is 4.90 Å². The van der Waals surface area contributed by atoms with Gasteiger partial charge in [0.15, 0.2) is 0 Å². The Hall–Kier alpha value is -1.22. The molecule has 1 atom stereocenters. The molecule has 1 aromatic rings. The van der Waals surface area contributed by atoms with Crippen LogP contribution in [0.1, 0.15) is 37.6 Å². The molecular formula is C14H21ClN2O. The molecule has 0 heterocycles. The van der Waals surface area contributed by atoms with Crippen molar-refractivity contribution in [2.75, 3.05) is 12.8 Å². The summed E-state index contributed by atoms with van der Waals surface area (Å²) < 4.78 is 0. The Kier molecular flexibility index (Phi) is 5.03. The first-order valence-electron chi connectivity index (χ1n) is 6.15. The summed E-state index contributed by atoms with van der Waals surface area (Å²) in [5.74, 6) is 0.421. The smallest absolute Gasteiger partial charge is 0.257 e. The lowest BCUT2D eigenvalue weighted by Gasteiger charge is -2.27. The second kappa shape index (κ2) is 6.10. The predicted octanol–water partition coefficient (Wildman–Crippen LogP) is 3.43. The zero-order valence-corrected chi connectivity index (χ0v) is 12.2. The van der Waals surface area contributed by atoms with Crippen molar-refractivity contribution in [3.63, 3.8) is 0 Å². The average molecular weight is 269 g/mol. The molecule has 0 radical (unpaired) electrons. The van der Waals surface area contributed by atoms with Gasteiger partial charge in [-0.15, -0.1) is 0 Å². The normalized spacial score (nSPS) is 12.6. The Morgan fingerprint density at radius 2 is 2.00 bits per heavy atom.